The minimum absolute atomic E-state index is 0.0816. The van der Waals surface area contributed by atoms with E-state index in [-0.39, 0.29) is 18.9 Å². The van der Waals surface area contributed by atoms with Crippen molar-refractivity contribution in [3.63, 3.8) is 0 Å². The van der Waals surface area contributed by atoms with Gasteiger partial charge in [-0.05, 0) is 30.0 Å². The molecule has 2 atom stereocenters. The summed E-state index contributed by atoms with van der Waals surface area (Å²) < 4.78 is 0. The lowest BCUT2D eigenvalue weighted by atomic mass is 9.98. The van der Waals surface area contributed by atoms with Crippen LogP contribution in [0.25, 0.3) is 0 Å². The van der Waals surface area contributed by atoms with Crippen molar-refractivity contribution in [2.75, 3.05) is 13.2 Å². The molecule has 2 unspecified atom stereocenters. The number of aromatic hydroxyl groups is 1. The molecule has 0 aliphatic heterocycles. The zero-order chi connectivity index (χ0) is 17.2. The van der Waals surface area contributed by atoms with Gasteiger partial charge in [0.05, 0.1) is 13.2 Å². The van der Waals surface area contributed by atoms with E-state index < -0.39 is 19.1 Å². The fourth-order valence-corrected chi connectivity index (χ4v) is 2.22. The van der Waals surface area contributed by atoms with Crippen molar-refractivity contribution < 1.29 is 25.5 Å². The quantitative estimate of drug-likeness (QED) is 0.274. The third-order valence-electron chi connectivity index (χ3n) is 3.60. The molecule has 0 aromatic heterocycles. The molecular weight excluding hydrogens is 300 g/mol. The van der Waals surface area contributed by atoms with Gasteiger partial charge >= 0.3 is 0 Å². The van der Waals surface area contributed by atoms with Gasteiger partial charge in [0.2, 0.25) is 0 Å². The van der Waals surface area contributed by atoms with Crippen LogP contribution in [0.15, 0.2) is 12.1 Å². The minimum Gasteiger partial charge on any atom is -0.508 e. The molecule has 7 heteroatoms. The molecule has 0 fully saturated rings. The molecule has 1 aromatic carbocycles. The Balaban J connectivity index is 2.89. The molecule has 7 N–H and O–H groups in total. The number of aryl methyl sites for hydroxylation is 1. The number of phenolic OH excluding ortho intramolecular Hbond substituents is 1. The first-order chi connectivity index (χ1) is 11.0. The van der Waals surface area contributed by atoms with Gasteiger partial charge in [0.25, 0.3) is 0 Å². The van der Waals surface area contributed by atoms with Crippen LogP contribution in [0.3, 0.4) is 0 Å². The molecule has 132 valence electrons. The van der Waals surface area contributed by atoms with Crippen molar-refractivity contribution in [3.05, 3.63) is 28.8 Å². The minimum atomic E-state index is -1.03. The van der Waals surface area contributed by atoms with Crippen LogP contribution >= 0.6 is 0 Å². The van der Waals surface area contributed by atoms with Crippen LogP contribution < -0.4 is 10.6 Å². The standard InChI is InChI=1S/C16H28N2O5/c1-2-3-4-11-5-13(8-18-16(23)10-20)14(21)6-12(11)7-17-15(22)9-19/h5-6,15-23H,2-4,7-10H2,1H3. The van der Waals surface area contributed by atoms with Gasteiger partial charge in [-0.2, -0.15) is 0 Å². The number of rotatable bonds is 11. The van der Waals surface area contributed by atoms with Crippen LogP contribution in [0.4, 0.5) is 0 Å². The first-order valence-corrected chi connectivity index (χ1v) is 7.90. The highest BCUT2D eigenvalue weighted by molar-refractivity contribution is 5.42. The lowest BCUT2D eigenvalue weighted by Crippen LogP contribution is -2.32. The van der Waals surface area contributed by atoms with E-state index in [4.69, 9.17) is 10.2 Å². The number of hydrogen-bond acceptors (Lipinski definition) is 7. The van der Waals surface area contributed by atoms with E-state index in [1.807, 2.05) is 6.07 Å². The van der Waals surface area contributed by atoms with E-state index in [2.05, 4.69) is 17.6 Å². The monoisotopic (exact) mass is 328 g/mol. The molecule has 0 bridgehead atoms. The highest BCUT2D eigenvalue weighted by atomic mass is 16.3. The Morgan fingerprint density at radius 3 is 2.00 bits per heavy atom. The number of unbranched alkanes of at least 4 members (excludes halogenated alkanes) is 1. The van der Waals surface area contributed by atoms with E-state index in [0.29, 0.717) is 12.1 Å². The lowest BCUT2D eigenvalue weighted by molar-refractivity contribution is 0.0661. The Labute approximate surface area is 136 Å². The van der Waals surface area contributed by atoms with Crippen molar-refractivity contribution in [2.45, 2.75) is 51.7 Å². The van der Waals surface area contributed by atoms with Crippen LogP contribution in [0.1, 0.15) is 36.5 Å². The Kier molecular flexibility index (Phi) is 9.08. The number of benzene rings is 1. The normalized spacial score (nSPS) is 14.0. The second-order valence-electron chi connectivity index (χ2n) is 5.51. The fourth-order valence-electron chi connectivity index (χ4n) is 2.22. The average molecular weight is 328 g/mol. The predicted molar refractivity (Wildman–Crippen MR) is 86.6 cm³/mol. The van der Waals surface area contributed by atoms with E-state index in [0.717, 1.165) is 30.4 Å². The zero-order valence-electron chi connectivity index (χ0n) is 13.5. The molecule has 0 amide bonds. The van der Waals surface area contributed by atoms with Gasteiger partial charge < -0.3 is 25.5 Å². The van der Waals surface area contributed by atoms with Crippen LogP contribution in [0.5, 0.6) is 5.75 Å². The number of nitrogens with one attached hydrogen (secondary N) is 2. The Bertz CT molecular complexity index is 470. The molecular formula is C16H28N2O5. The van der Waals surface area contributed by atoms with Gasteiger partial charge in [0, 0.05) is 18.7 Å². The summed E-state index contributed by atoms with van der Waals surface area (Å²) in [5.41, 5.74) is 2.53. The van der Waals surface area contributed by atoms with Crippen LogP contribution in [-0.2, 0) is 19.5 Å². The predicted octanol–water partition coefficient (Wildman–Crippen LogP) is -0.465. The molecule has 23 heavy (non-hydrogen) atoms. The maximum absolute atomic E-state index is 10.1. The molecule has 0 heterocycles. The van der Waals surface area contributed by atoms with Crippen molar-refractivity contribution in [1.29, 1.82) is 0 Å². The second-order valence-corrected chi connectivity index (χ2v) is 5.51. The molecule has 7 nitrogen and oxygen atoms in total. The van der Waals surface area contributed by atoms with Gasteiger partial charge in [-0.25, -0.2) is 0 Å². The van der Waals surface area contributed by atoms with Crippen molar-refractivity contribution in [2.24, 2.45) is 0 Å². The number of aliphatic hydroxyl groups excluding tert-OH is 4. The van der Waals surface area contributed by atoms with Gasteiger partial charge in [0.1, 0.15) is 18.2 Å². The lowest BCUT2D eigenvalue weighted by Gasteiger charge is -2.17. The van der Waals surface area contributed by atoms with E-state index in [1.54, 1.807) is 6.07 Å². The summed E-state index contributed by atoms with van der Waals surface area (Å²) in [5, 5.41) is 52.0. The van der Waals surface area contributed by atoms with E-state index in [9.17, 15) is 15.3 Å². The maximum Gasteiger partial charge on any atom is 0.128 e. The molecule has 0 spiro atoms. The van der Waals surface area contributed by atoms with Gasteiger partial charge in [-0.1, -0.05) is 19.4 Å². The number of phenols is 1. The van der Waals surface area contributed by atoms with Crippen LogP contribution in [-0.4, -0.2) is 51.2 Å². The summed E-state index contributed by atoms with van der Waals surface area (Å²) in [5.74, 6) is 0.0816. The summed E-state index contributed by atoms with van der Waals surface area (Å²) >= 11 is 0. The first-order valence-electron chi connectivity index (χ1n) is 7.90. The smallest absolute Gasteiger partial charge is 0.128 e. The molecule has 0 saturated heterocycles. The topological polar surface area (TPSA) is 125 Å². The van der Waals surface area contributed by atoms with E-state index >= 15 is 0 Å². The van der Waals surface area contributed by atoms with Crippen LogP contribution in [0.2, 0.25) is 0 Å². The summed E-state index contributed by atoms with van der Waals surface area (Å²) in [7, 11) is 0. The summed E-state index contributed by atoms with van der Waals surface area (Å²) in [4.78, 5) is 0. The second kappa shape index (κ2) is 10.5. The molecule has 0 radical (unpaired) electrons. The van der Waals surface area contributed by atoms with Crippen molar-refractivity contribution in [3.8, 4) is 5.75 Å². The average Bonchev–Trinajstić information content (AvgIpc) is 2.56. The summed E-state index contributed by atoms with van der Waals surface area (Å²) in [6.45, 7) is 1.89. The van der Waals surface area contributed by atoms with Crippen molar-refractivity contribution >= 4 is 0 Å². The zero-order valence-corrected chi connectivity index (χ0v) is 13.5. The Morgan fingerprint density at radius 1 is 0.913 bits per heavy atom. The SMILES string of the molecule is CCCCc1cc(CNC(O)CO)c(O)cc1CNC(O)CO. The van der Waals surface area contributed by atoms with Gasteiger partial charge in [0.15, 0.2) is 0 Å². The molecule has 0 aliphatic carbocycles. The van der Waals surface area contributed by atoms with Gasteiger partial charge in [-0.3, -0.25) is 10.6 Å². The number of hydrogen-bond donors (Lipinski definition) is 7. The third-order valence-corrected chi connectivity index (χ3v) is 3.60. The summed E-state index contributed by atoms with van der Waals surface area (Å²) in [6.07, 6.45) is 0.821. The van der Waals surface area contributed by atoms with Crippen LogP contribution in [0, 0.1) is 0 Å². The third kappa shape index (κ3) is 6.82. The fraction of sp³-hybridized carbons (Fsp3) is 0.625. The molecule has 0 aliphatic rings. The van der Waals surface area contributed by atoms with Gasteiger partial charge in [-0.15, -0.1) is 0 Å². The number of aliphatic hydroxyl groups is 4. The Hall–Kier alpha value is -1.22. The van der Waals surface area contributed by atoms with Crippen molar-refractivity contribution in [1.82, 2.24) is 10.6 Å². The largest absolute Gasteiger partial charge is 0.508 e. The Morgan fingerprint density at radius 2 is 1.48 bits per heavy atom. The molecule has 1 aromatic rings. The summed E-state index contributed by atoms with van der Waals surface area (Å²) in [6, 6.07) is 3.49. The first kappa shape index (κ1) is 19.8. The highest BCUT2D eigenvalue weighted by Gasteiger charge is 2.12. The van der Waals surface area contributed by atoms with E-state index in [1.165, 1.54) is 0 Å². The molecule has 1 rings (SSSR count). The maximum atomic E-state index is 10.1. The molecule has 0 saturated carbocycles. The highest BCUT2D eigenvalue weighted by Crippen LogP contribution is 2.24.